The normalized spacial score (nSPS) is 32.1. The van der Waals surface area contributed by atoms with Gasteiger partial charge in [-0.2, -0.15) is 0 Å². The second-order valence-corrected chi connectivity index (χ2v) is 6.47. The Labute approximate surface area is 101 Å². The van der Waals surface area contributed by atoms with Crippen LogP contribution in [0.5, 0.6) is 0 Å². The van der Waals surface area contributed by atoms with Crippen LogP contribution < -0.4 is 0 Å². The molecule has 0 amide bonds. The van der Waals surface area contributed by atoms with E-state index in [2.05, 4.69) is 36.7 Å². The molecule has 2 nitrogen and oxygen atoms in total. The summed E-state index contributed by atoms with van der Waals surface area (Å²) in [5, 5.41) is 0. The molecule has 0 N–H and O–H groups in total. The van der Waals surface area contributed by atoms with Crippen LogP contribution >= 0.6 is 15.9 Å². The number of ketones is 1. The van der Waals surface area contributed by atoms with Gasteiger partial charge in [0.15, 0.2) is 0 Å². The molecule has 0 radical (unpaired) electrons. The predicted molar refractivity (Wildman–Crippen MR) is 65.4 cm³/mol. The van der Waals surface area contributed by atoms with Crippen molar-refractivity contribution in [3.8, 4) is 0 Å². The molecule has 1 rings (SSSR count). The van der Waals surface area contributed by atoms with Gasteiger partial charge in [-0.25, -0.2) is 0 Å². The summed E-state index contributed by atoms with van der Waals surface area (Å²) in [7, 11) is 0. The zero-order chi connectivity index (χ0) is 11.9. The minimum absolute atomic E-state index is 0.00945. The molecule has 1 saturated heterocycles. The monoisotopic (exact) mass is 276 g/mol. The molecular formula is C12H21BrO2. The Morgan fingerprint density at radius 2 is 1.87 bits per heavy atom. The van der Waals surface area contributed by atoms with Gasteiger partial charge in [0.25, 0.3) is 0 Å². The van der Waals surface area contributed by atoms with Crippen LogP contribution in [0.25, 0.3) is 0 Å². The topological polar surface area (TPSA) is 29.6 Å². The van der Waals surface area contributed by atoms with Crippen molar-refractivity contribution in [3.05, 3.63) is 0 Å². The number of Topliss-reactive ketones (excluding diaryl/α,β-unsaturated/α-hetero) is 1. The third-order valence-electron chi connectivity index (χ3n) is 3.79. The molecule has 88 valence electrons. The maximum Gasteiger partial charge on any atom is 0.133 e. The molecule has 0 aromatic rings. The third-order valence-corrected chi connectivity index (χ3v) is 5.04. The zero-order valence-corrected chi connectivity index (χ0v) is 11.8. The number of hydrogen-bond donors (Lipinski definition) is 0. The molecular weight excluding hydrogens is 256 g/mol. The fourth-order valence-electron chi connectivity index (χ4n) is 1.81. The van der Waals surface area contributed by atoms with Crippen molar-refractivity contribution < 1.29 is 9.53 Å². The number of rotatable bonds is 5. The van der Waals surface area contributed by atoms with Gasteiger partial charge in [-0.15, -0.1) is 0 Å². The lowest BCUT2D eigenvalue weighted by atomic mass is 9.90. The first-order chi connectivity index (χ1) is 6.69. The van der Waals surface area contributed by atoms with Crippen molar-refractivity contribution in [2.45, 2.75) is 63.5 Å². The Kier molecular flexibility index (Phi) is 3.66. The number of carbonyl (C=O) groups is 1. The maximum atomic E-state index is 11.2. The molecule has 0 aromatic heterocycles. The van der Waals surface area contributed by atoms with Crippen molar-refractivity contribution in [1.29, 1.82) is 0 Å². The molecule has 0 spiro atoms. The number of ether oxygens (including phenoxy) is 1. The summed E-state index contributed by atoms with van der Waals surface area (Å²) in [6, 6.07) is 0. The molecule has 0 bridgehead atoms. The first kappa shape index (κ1) is 13.2. The van der Waals surface area contributed by atoms with E-state index in [1.807, 2.05) is 6.92 Å². The predicted octanol–water partition coefficient (Wildman–Crippen LogP) is 3.32. The second kappa shape index (κ2) is 4.17. The van der Waals surface area contributed by atoms with Gasteiger partial charge >= 0.3 is 0 Å². The molecule has 0 aliphatic carbocycles. The fourth-order valence-corrected chi connectivity index (χ4v) is 2.41. The Morgan fingerprint density at radius 3 is 2.20 bits per heavy atom. The standard InChI is InChI=1S/C12H21BrO2/c1-8(9(2)14)10(13)6-7-12(5)11(3,4)15-12/h8,10H,6-7H2,1-5H3. The molecule has 1 aliphatic rings. The number of epoxide rings is 1. The molecule has 1 aliphatic heterocycles. The Morgan fingerprint density at radius 1 is 1.40 bits per heavy atom. The van der Waals surface area contributed by atoms with Gasteiger partial charge in [0, 0.05) is 10.7 Å². The van der Waals surface area contributed by atoms with Crippen LogP contribution in [-0.2, 0) is 9.53 Å². The van der Waals surface area contributed by atoms with Gasteiger partial charge in [0.05, 0.1) is 11.2 Å². The molecule has 3 heteroatoms. The van der Waals surface area contributed by atoms with E-state index in [1.165, 1.54) is 0 Å². The number of hydrogen-bond acceptors (Lipinski definition) is 2. The third kappa shape index (κ3) is 2.82. The van der Waals surface area contributed by atoms with Crippen LogP contribution in [0.3, 0.4) is 0 Å². The lowest BCUT2D eigenvalue weighted by Crippen LogP contribution is -2.23. The highest BCUT2D eigenvalue weighted by Crippen LogP contribution is 2.50. The SMILES string of the molecule is CC(=O)C(C)C(Br)CCC1(C)OC1(C)C. The van der Waals surface area contributed by atoms with Crippen molar-refractivity contribution in [2.24, 2.45) is 5.92 Å². The van der Waals surface area contributed by atoms with E-state index >= 15 is 0 Å². The van der Waals surface area contributed by atoms with E-state index in [1.54, 1.807) is 6.92 Å². The van der Waals surface area contributed by atoms with Crippen LogP contribution in [0.4, 0.5) is 0 Å². The largest absolute Gasteiger partial charge is 0.363 e. The van der Waals surface area contributed by atoms with Crippen molar-refractivity contribution in [3.63, 3.8) is 0 Å². The molecule has 1 heterocycles. The van der Waals surface area contributed by atoms with E-state index in [-0.39, 0.29) is 27.7 Å². The number of carbonyl (C=O) groups excluding carboxylic acids is 1. The van der Waals surface area contributed by atoms with Gasteiger partial charge < -0.3 is 4.74 Å². The van der Waals surface area contributed by atoms with Gasteiger partial charge in [0.1, 0.15) is 5.78 Å². The Hall–Kier alpha value is 0.110. The van der Waals surface area contributed by atoms with Gasteiger partial charge in [-0.05, 0) is 40.5 Å². The highest BCUT2D eigenvalue weighted by Gasteiger charge is 2.59. The summed E-state index contributed by atoms with van der Waals surface area (Å²) in [6.07, 6.45) is 1.99. The van der Waals surface area contributed by atoms with Crippen LogP contribution in [0.15, 0.2) is 0 Å². The average molecular weight is 277 g/mol. The highest BCUT2D eigenvalue weighted by atomic mass is 79.9. The average Bonchev–Trinajstić information content (AvgIpc) is 2.61. The smallest absolute Gasteiger partial charge is 0.133 e. The van der Waals surface area contributed by atoms with Gasteiger partial charge in [-0.1, -0.05) is 22.9 Å². The molecule has 3 atom stereocenters. The quantitative estimate of drug-likeness (QED) is 0.570. The summed E-state index contributed by atoms with van der Waals surface area (Å²) in [5.74, 6) is 0.341. The first-order valence-electron chi connectivity index (χ1n) is 5.54. The van der Waals surface area contributed by atoms with Crippen LogP contribution in [-0.4, -0.2) is 21.8 Å². The van der Waals surface area contributed by atoms with E-state index in [4.69, 9.17) is 4.74 Å². The molecule has 15 heavy (non-hydrogen) atoms. The van der Waals surface area contributed by atoms with E-state index in [9.17, 15) is 4.79 Å². The van der Waals surface area contributed by atoms with Crippen LogP contribution in [0.1, 0.15) is 47.5 Å². The van der Waals surface area contributed by atoms with Crippen molar-refractivity contribution in [2.75, 3.05) is 0 Å². The summed E-state index contributed by atoms with van der Waals surface area (Å²) in [6.45, 7) is 10.0. The summed E-state index contributed by atoms with van der Waals surface area (Å²) < 4.78 is 5.68. The minimum Gasteiger partial charge on any atom is -0.363 e. The zero-order valence-electron chi connectivity index (χ0n) is 10.3. The lowest BCUT2D eigenvalue weighted by molar-refractivity contribution is -0.120. The van der Waals surface area contributed by atoms with E-state index in [0.717, 1.165) is 12.8 Å². The molecule has 0 aromatic carbocycles. The Bertz CT molecular complexity index is 262. The maximum absolute atomic E-state index is 11.2. The number of halogens is 1. The summed E-state index contributed by atoms with van der Waals surface area (Å²) in [5.41, 5.74) is 0.0225. The molecule has 1 fully saturated rings. The van der Waals surface area contributed by atoms with Crippen LogP contribution in [0.2, 0.25) is 0 Å². The fraction of sp³-hybridized carbons (Fsp3) is 0.917. The van der Waals surface area contributed by atoms with E-state index in [0.29, 0.717) is 0 Å². The Balaban J connectivity index is 2.36. The molecule has 0 saturated carbocycles. The summed E-state index contributed by atoms with van der Waals surface area (Å²) in [4.78, 5) is 11.5. The second-order valence-electron chi connectivity index (χ2n) is 5.30. The number of alkyl halides is 1. The van der Waals surface area contributed by atoms with Gasteiger partial charge in [0.2, 0.25) is 0 Å². The van der Waals surface area contributed by atoms with Crippen molar-refractivity contribution >= 4 is 21.7 Å². The summed E-state index contributed by atoms with van der Waals surface area (Å²) >= 11 is 3.59. The van der Waals surface area contributed by atoms with Crippen LogP contribution in [0, 0.1) is 5.92 Å². The van der Waals surface area contributed by atoms with E-state index < -0.39 is 0 Å². The van der Waals surface area contributed by atoms with Crippen molar-refractivity contribution in [1.82, 2.24) is 0 Å². The lowest BCUT2D eigenvalue weighted by Gasteiger charge is -2.17. The first-order valence-corrected chi connectivity index (χ1v) is 6.46. The highest BCUT2D eigenvalue weighted by molar-refractivity contribution is 9.09. The van der Waals surface area contributed by atoms with Gasteiger partial charge in [-0.3, -0.25) is 4.79 Å². The minimum atomic E-state index is 0.00945. The molecule has 3 unspecified atom stereocenters.